The second-order valence-corrected chi connectivity index (χ2v) is 10.4. The van der Waals surface area contributed by atoms with Crippen LogP contribution in [-0.2, 0) is 12.5 Å². The Kier molecular flexibility index (Phi) is 4.36. The maximum atomic E-state index is 7.95. The molecule has 3 aromatic carbocycles. The maximum absolute atomic E-state index is 7.95. The molecule has 0 amide bonds. The first-order valence-electron chi connectivity index (χ1n) is 12.8. The van der Waals surface area contributed by atoms with Crippen LogP contribution in [-0.4, -0.2) is 4.57 Å². The Balaban J connectivity index is 2.27. The number of benzene rings is 3. The van der Waals surface area contributed by atoms with E-state index in [0.717, 1.165) is 16.9 Å². The summed E-state index contributed by atoms with van der Waals surface area (Å²) in [7, 11) is 2.06. The van der Waals surface area contributed by atoms with Gasteiger partial charge in [-0.05, 0) is 74.0 Å². The molecule has 0 aliphatic carbocycles. The lowest BCUT2D eigenvalue weighted by Gasteiger charge is -2.23. The number of aryl methyl sites for hydroxylation is 2. The van der Waals surface area contributed by atoms with Gasteiger partial charge in [-0.1, -0.05) is 58.0 Å². The Bertz CT molecular complexity index is 1380. The zero-order chi connectivity index (χ0) is 25.2. The van der Waals surface area contributed by atoms with E-state index in [1.165, 1.54) is 27.6 Å². The molecular formula is C29H37N2+. The Morgan fingerprint density at radius 2 is 1.65 bits per heavy atom. The number of imidazole rings is 1. The normalized spacial score (nSPS) is 14.5. The molecule has 0 saturated heterocycles. The molecule has 2 heteroatoms. The summed E-state index contributed by atoms with van der Waals surface area (Å²) in [6.45, 7) is 13.6. The molecule has 162 valence electrons. The topological polar surface area (TPSA) is 8.81 Å². The van der Waals surface area contributed by atoms with Gasteiger partial charge in [-0.2, -0.15) is 4.57 Å². The van der Waals surface area contributed by atoms with Crippen LogP contribution in [0.25, 0.3) is 27.5 Å². The van der Waals surface area contributed by atoms with Gasteiger partial charge in [-0.25, -0.2) is 4.57 Å². The molecule has 1 heterocycles. The molecular weight excluding hydrogens is 376 g/mol. The smallest absolute Gasteiger partial charge is 0.229 e. The molecule has 31 heavy (non-hydrogen) atoms. The monoisotopic (exact) mass is 416 g/mol. The van der Waals surface area contributed by atoms with Crippen LogP contribution in [0.5, 0.6) is 0 Å². The molecule has 0 spiro atoms. The van der Waals surface area contributed by atoms with Crippen LogP contribution < -0.4 is 4.57 Å². The van der Waals surface area contributed by atoms with Crippen molar-refractivity contribution in [1.29, 1.82) is 0 Å². The molecule has 4 rings (SSSR count). The predicted molar refractivity (Wildman–Crippen MR) is 134 cm³/mol. The third kappa shape index (κ3) is 3.46. The van der Waals surface area contributed by atoms with E-state index in [1.807, 2.05) is 12.1 Å². The van der Waals surface area contributed by atoms with E-state index >= 15 is 0 Å². The second kappa shape index (κ2) is 7.51. The average Bonchev–Trinajstić information content (AvgIpc) is 3.03. The van der Waals surface area contributed by atoms with E-state index in [2.05, 4.69) is 95.0 Å². The number of aromatic nitrogens is 2. The number of nitrogens with zero attached hydrogens (tertiary/aromatic N) is 2. The fourth-order valence-corrected chi connectivity index (χ4v) is 5.09. The first kappa shape index (κ1) is 18.0. The van der Waals surface area contributed by atoms with Crippen molar-refractivity contribution in [3.8, 4) is 5.69 Å². The zero-order valence-electron chi connectivity index (χ0n) is 23.2. The van der Waals surface area contributed by atoms with Gasteiger partial charge >= 0.3 is 0 Å². The number of hydrogen-bond donors (Lipinski definition) is 0. The average molecular weight is 417 g/mol. The van der Waals surface area contributed by atoms with Crippen molar-refractivity contribution in [1.82, 2.24) is 4.57 Å². The van der Waals surface area contributed by atoms with Gasteiger partial charge in [0, 0.05) is 15.2 Å². The molecule has 0 N–H and O–H groups in total. The summed E-state index contributed by atoms with van der Waals surface area (Å²) in [4.78, 5) is 0. The Hall–Kier alpha value is -2.61. The molecule has 2 nitrogen and oxygen atoms in total. The minimum Gasteiger partial charge on any atom is -0.229 e. The summed E-state index contributed by atoms with van der Waals surface area (Å²) in [6, 6.07) is 16.6. The van der Waals surface area contributed by atoms with Gasteiger partial charge in [0.1, 0.15) is 5.69 Å². The number of hydrogen-bond acceptors (Lipinski definition) is 0. The Morgan fingerprint density at radius 1 is 0.935 bits per heavy atom. The molecule has 0 fully saturated rings. The first-order chi connectivity index (χ1) is 15.7. The largest absolute Gasteiger partial charge is 0.267 e. The van der Waals surface area contributed by atoms with Crippen LogP contribution >= 0.6 is 0 Å². The summed E-state index contributed by atoms with van der Waals surface area (Å²) in [5, 5.41) is 2.54. The molecule has 4 aromatic rings. The second-order valence-electron chi connectivity index (χ2n) is 10.4. The quantitative estimate of drug-likeness (QED) is 0.306. The van der Waals surface area contributed by atoms with Crippen molar-refractivity contribution in [2.45, 2.75) is 72.6 Å². The summed E-state index contributed by atoms with van der Waals surface area (Å²) >= 11 is 0. The molecule has 0 atom stereocenters. The highest BCUT2D eigenvalue weighted by molar-refractivity contribution is 5.90. The van der Waals surface area contributed by atoms with Crippen LogP contribution in [0.3, 0.4) is 0 Å². The van der Waals surface area contributed by atoms with Gasteiger partial charge in [-0.15, -0.1) is 0 Å². The molecule has 0 saturated carbocycles. The number of fused-ring (bicyclic) bond motifs is 2. The maximum Gasteiger partial charge on any atom is 0.267 e. The van der Waals surface area contributed by atoms with E-state index in [9.17, 15) is 0 Å². The van der Waals surface area contributed by atoms with Crippen LogP contribution in [0.4, 0.5) is 0 Å². The van der Waals surface area contributed by atoms with Gasteiger partial charge in [0.15, 0.2) is 11.0 Å². The molecule has 0 aliphatic rings. The van der Waals surface area contributed by atoms with Gasteiger partial charge in [0.2, 0.25) is 0 Å². The fraction of sp³-hybridized carbons (Fsp3) is 0.414. The van der Waals surface area contributed by atoms with Crippen molar-refractivity contribution in [3.05, 3.63) is 71.0 Å². The Morgan fingerprint density at radius 3 is 2.26 bits per heavy atom. The van der Waals surface area contributed by atoms with Crippen LogP contribution in [0, 0.1) is 6.85 Å². The van der Waals surface area contributed by atoms with E-state index in [-0.39, 0.29) is 5.41 Å². The third-order valence-corrected chi connectivity index (χ3v) is 6.29. The van der Waals surface area contributed by atoms with Crippen LogP contribution in [0.1, 0.15) is 86.9 Å². The van der Waals surface area contributed by atoms with Gasteiger partial charge in [-0.3, -0.25) is 0 Å². The van der Waals surface area contributed by atoms with Crippen molar-refractivity contribution in [2.24, 2.45) is 7.05 Å². The zero-order valence-corrected chi connectivity index (χ0v) is 20.2. The molecule has 0 radical (unpaired) electrons. The van der Waals surface area contributed by atoms with E-state index < -0.39 is 6.85 Å². The van der Waals surface area contributed by atoms with E-state index in [1.54, 1.807) is 6.07 Å². The Labute approximate surface area is 191 Å². The summed E-state index contributed by atoms with van der Waals surface area (Å²) in [5.41, 5.74) is 6.08. The lowest BCUT2D eigenvalue weighted by Crippen LogP contribution is -2.43. The van der Waals surface area contributed by atoms with Crippen LogP contribution in [0.2, 0.25) is 0 Å². The van der Waals surface area contributed by atoms with Gasteiger partial charge in [0.25, 0.3) is 5.82 Å². The van der Waals surface area contributed by atoms with Crippen molar-refractivity contribution >= 4 is 21.8 Å². The van der Waals surface area contributed by atoms with Gasteiger partial charge in [0.05, 0.1) is 12.5 Å². The summed E-state index contributed by atoms with van der Waals surface area (Å²) < 4.78 is 28.5. The first-order valence-corrected chi connectivity index (χ1v) is 11.3. The molecule has 1 aromatic heterocycles. The van der Waals surface area contributed by atoms with Crippen molar-refractivity contribution in [2.75, 3.05) is 0 Å². The fourth-order valence-electron chi connectivity index (χ4n) is 5.09. The standard InChI is InChI=1S/C29H37N2/c1-18(2)23-17-21-12-10-11-13-22(21)26(19(3)4)27(23)31-24-15-14-20(5)16-25(24)30(9)28(31)29(6,7)8/h10-19H,1-9H3/q+1/i5D3. The lowest BCUT2D eigenvalue weighted by molar-refractivity contribution is -0.583. The SMILES string of the molecule is [2H]C([2H])([2H])c1ccc2c(c1)n(C)c(C(C)(C)C)[n+]2-c1c(C(C)C)cc2ccccc2c1C(C)C. The lowest BCUT2D eigenvalue weighted by atomic mass is 9.86. The van der Waals surface area contributed by atoms with Crippen molar-refractivity contribution in [3.63, 3.8) is 0 Å². The van der Waals surface area contributed by atoms with E-state index in [4.69, 9.17) is 4.11 Å². The number of rotatable bonds is 3. The van der Waals surface area contributed by atoms with Crippen molar-refractivity contribution < 1.29 is 8.68 Å². The summed E-state index contributed by atoms with van der Waals surface area (Å²) in [5.74, 6) is 1.80. The molecule has 0 unspecified atom stereocenters. The highest BCUT2D eigenvalue weighted by Crippen LogP contribution is 2.37. The molecule has 0 bridgehead atoms. The third-order valence-electron chi connectivity index (χ3n) is 6.29. The minimum atomic E-state index is -2.14. The van der Waals surface area contributed by atoms with Gasteiger partial charge < -0.3 is 0 Å². The summed E-state index contributed by atoms with van der Waals surface area (Å²) in [6.07, 6.45) is 0. The van der Waals surface area contributed by atoms with E-state index in [0.29, 0.717) is 17.4 Å². The predicted octanol–water partition coefficient (Wildman–Crippen LogP) is 7.46. The highest BCUT2D eigenvalue weighted by atomic mass is 15.2. The minimum absolute atomic E-state index is 0.165. The molecule has 0 aliphatic heterocycles. The highest BCUT2D eigenvalue weighted by Gasteiger charge is 2.36. The van der Waals surface area contributed by atoms with Crippen LogP contribution in [0.15, 0.2) is 48.5 Å².